The van der Waals surface area contributed by atoms with Crippen molar-refractivity contribution in [1.82, 2.24) is 10.3 Å². The maximum Gasteiger partial charge on any atom is 0.119 e. The van der Waals surface area contributed by atoms with Crippen LogP contribution in [-0.4, -0.2) is 18.6 Å². The Labute approximate surface area is 134 Å². The van der Waals surface area contributed by atoms with Gasteiger partial charge in [0.1, 0.15) is 5.75 Å². The number of hydrogen-bond donors (Lipinski definition) is 1. The quantitative estimate of drug-likeness (QED) is 0.854. The van der Waals surface area contributed by atoms with Gasteiger partial charge in [-0.2, -0.15) is 0 Å². The number of rotatable bonds is 6. The highest BCUT2D eigenvalue weighted by Crippen LogP contribution is 2.28. The van der Waals surface area contributed by atoms with Crippen molar-refractivity contribution in [2.45, 2.75) is 26.3 Å². The summed E-state index contributed by atoms with van der Waals surface area (Å²) in [6.45, 7) is 5.16. The Morgan fingerprint density at radius 3 is 2.81 bits per heavy atom. The van der Waals surface area contributed by atoms with E-state index in [1.165, 1.54) is 16.7 Å². The van der Waals surface area contributed by atoms with Gasteiger partial charge in [-0.25, -0.2) is 0 Å². The van der Waals surface area contributed by atoms with Crippen LogP contribution in [0.1, 0.15) is 29.7 Å². The highest BCUT2D eigenvalue weighted by Gasteiger charge is 2.15. The van der Waals surface area contributed by atoms with Crippen molar-refractivity contribution in [2.24, 2.45) is 0 Å². The zero-order valence-corrected chi connectivity index (χ0v) is 14.3. The van der Waals surface area contributed by atoms with E-state index in [-0.39, 0.29) is 6.04 Å². The Bertz CT molecular complexity index is 601. The SMILES string of the molecule is CCNC(Cc1cc(OC)ccc1Br)c1ccncc1C. The molecule has 1 aromatic heterocycles. The van der Waals surface area contributed by atoms with Crippen molar-refractivity contribution >= 4 is 15.9 Å². The summed E-state index contributed by atoms with van der Waals surface area (Å²) >= 11 is 3.63. The number of likely N-dealkylation sites (N-methyl/N-ethyl adjacent to an activating group) is 1. The molecule has 0 saturated heterocycles. The summed E-state index contributed by atoms with van der Waals surface area (Å²) in [7, 11) is 1.70. The topological polar surface area (TPSA) is 34.1 Å². The molecule has 0 aliphatic rings. The van der Waals surface area contributed by atoms with Gasteiger partial charge in [0.2, 0.25) is 0 Å². The summed E-state index contributed by atoms with van der Waals surface area (Å²) in [6.07, 6.45) is 4.67. The van der Waals surface area contributed by atoms with Crippen LogP contribution >= 0.6 is 15.9 Å². The lowest BCUT2D eigenvalue weighted by atomic mass is 9.96. The van der Waals surface area contributed by atoms with Gasteiger partial charge in [-0.3, -0.25) is 4.98 Å². The second-order valence-corrected chi connectivity index (χ2v) is 5.86. The second kappa shape index (κ2) is 7.57. The molecule has 0 bridgehead atoms. The lowest BCUT2D eigenvalue weighted by Gasteiger charge is -2.21. The predicted molar refractivity (Wildman–Crippen MR) is 89.8 cm³/mol. The molecule has 0 aliphatic heterocycles. The van der Waals surface area contributed by atoms with E-state index < -0.39 is 0 Å². The van der Waals surface area contributed by atoms with E-state index >= 15 is 0 Å². The first-order valence-electron chi connectivity index (χ1n) is 7.12. The van der Waals surface area contributed by atoms with Crippen molar-refractivity contribution in [1.29, 1.82) is 0 Å². The summed E-state index contributed by atoms with van der Waals surface area (Å²) < 4.78 is 6.44. The van der Waals surface area contributed by atoms with Gasteiger partial charge in [0, 0.05) is 22.9 Å². The van der Waals surface area contributed by atoms with E-state index in [1.54, 1.807) is 7.11 Å². The molecule has 1 N–H and O–H groups in total. The van der Waals surface area contributed by atoms with E-state index in [0.717, 1.165) is 23.2 Å². The van der Waals surface area contributed by atoms with Crippen LogP contribution in [0.5, 0.6) is 5.75 Å². The smallest absolute Gasteiger partial charge is 0.119 e. The third-order valence-electron chi connectivity index (χ3n) is 3.57. The Morgan fingerprint density at radius 1 is 1.33 bits per heavy atom. The van der Waals surface area contributed by atoms with Crippen molar-refractivity contribution in [3.63, 3.8) is 0 Å². The van der Waals surface area contributed by atoms with Gasteiger partial charge >= 0.3 is 0 Å². The van der Waals surface area contributed by atoms with Crippen molar-refractivity contribution in [3.05, 3.63) is 57.8 Å². The van der Waals surface area contributed by atoms with E-state index in [1.807, 2.05) is 24.5 Å². The molecule has 21 heavy (non-hydrogen) atoms. The van der Waals surface area contributed by atoms with Gasteiger partial charge < -0.3 is 10.1 Å². The summed E-state index contributed by atoms with van der Waals surface area (Å²) in [5, 5.41) is 3.56. The fraction of sp³-hybridized carbons (Fsp3) is 0.353. The average molecular weight is 349 g/mol. The third kappa shape index (κ3) is 4.05. The number of hydrogen-bond acceptors (Lipinski definition) is 3. The molecule has 0 aliphatic carbocycles. The number of aromatic nitrogens is 1. The van der Waals surface area contributed by atoms with Crippen molar-refractivity contribution in [3.8, 4) is 5.75 Å². The van der Waals surface area contributed by atoms with Crippen LogP contribution in [-0.2, 0) is 6.42 Å². The summed E-state index contributed by atoms with van der Waals surface area (Å²) in [5.74, 6) is 0.884. The second-order valence-electron chi connectivity index (χ2n) is 5.00. The number of methoxy groups -OCH3 is 1. The highest BCUT2D eigenvalue weighted by atomic mass is 79.9. The number of benzene rings is 1. The van der Waals surface area contributed by atoms with E-state index in [4.69, 9.17) is 4.74 Å². The molecule has 0 spiro atoms. The molecule has 4 heteroatoms. The first-order chi connectivity index (χ1) is 10.2. The van der Waals surface area contributed by atoms with Gasteiger partial charge in [0.15, 0.2) is 0 Å². The fourth-order valence-electron chi connectivity index (χ4n) is 2.47. The number of aryl methyl sites for hydroxylation is 1. The molecular formula is C17H21BrN2O. The van der Waals surface area contributed by atoms with Crippen LogP contribution in [0.4, 0.5) is 0 Å². The molecule has 0 fully saturated rings. The van der Waals surface area contributed by atoms with Crippen molar-refractivity contribution in [2.75, 3.05) is 13.7 Å². The van der Waals surface area contributed by atoms with Gasteiger partial charge in [-0.1, -0.05) is 22.9 Å². The molecule has 3 nitrogen and oxygen atoms in total. The number of halogens is 1. The number of ether oxygens (including phenoxy) is 1. The fourth-order valence-corrected chi connectivity index (χ4v) is 2.88. The van der Waals surface area contributed by atoms with E-state index in [2.05, 4.69) is 52.2 Å². The van der Waals surface area contributed by atoms with Crippen LogP contribution in [0.3, 0.4) is 0 Å². The zero-order valence-electron chi connectivity index (χ0n) is 12.7. The van der Waals surface area contributed by atoms with E-state index in [9.17, 15) is 0 Å². The predicted octanol–water partition coefficient (Wildman–Crippen LogP) is 4.05. The molecule has 1 heterocycles. The maximum absolute atomic E-state index is 5.33. The standard InChI is InChI=1S/C17H21BrN2O/c1-4-20-17(15-7-8-19-11-12(15)2)10-13-9-14(21-3)5-6-16(13)18/h5-9,11,17,20H,4,10H2,1-3H3. The minimum atomic E-state index is 0.265. The largest absolute Gasteiger partial charge is 0.497 e. The summed E-state index contributed by atoms with van der Waals surface area (Å²) in [5.41, 5.74) is 3.74. The number of pyridine rings is 1. The minimum absolute atomic E-state index is 0.265. The van der Waals surface area contributed by atoms with Gasteiger partial charge in [-0.05, 0) is 60.8 Å². The summed E-state index contributed by atoms with van der Waals surface area (Å²) in [4.78, 5) is 4.18. The summed E-state index contributed by atoms with van der Waals surface area (Å²) in [6, 6.07) is 8.45. The Balaban J connectivity index is 2.30. The van der Waals surface area contributed by atoms with E-state index in [0.29, 0.717) is 0 Å². The molecule has 0 amide bonds. The molecule has 0 saturated carbocycles. The molecular weight excluding hydrogens is 328 g/mol. The molecule has 2 rings (SSSR count). The van der Waals surface area contributed by atoms with Crippen LogP contribution in [0.15, 0.2) is 41.1 Å². The van der Waals surface area contributed by atoms with Crippen LogP contribution in [0.25, 0.3) is 0 Å². The molecule has 1 atom stereocenters. The Hall–Kier alpha value is -1.39. The monoisotopic (exact) mass is 348 g/mol. The molecule has 1 aromatic carbocycles. The maximum atomic E-state index is 5.33. The van der Waals surface area contributed by atoms with Crippen molar-refractivity contribution < 1.29 is 4.74 Å². The minimum Gasteiger partial charge on any atom is -0.497 e. The Kier molecular flexibility index (Phi) is 5.76. The Morgan fingerprint density at radius 2 is 2.14 bits per heavy atom. The third-order valence-corrected chi connectivity index (χ3v) is 4.34. The van der Waals surface area contributed by atoms with Crippen LogP contribution < -0.4 is 10.1 Å². The number of nitrogens with zero attached hydrogens (tertiary/aromatic N) is 1. The normalized spacial score (nSPS) is 12.2. The zero-order chi connectivity index (χ0) is 15.2. The highest BCUT2D eigenvalue weighted by molar-refractivity contribution is 9.10. The van der Waals surface area contributed by atoms with Crippen LogP contribution in [0, 0.1) is 6.92 Å². The first-order valence-corrected chi connectivity index (χ1v) is 7.91. The van der Waals surface area contributed by atoms with Crippen LogP contribution in [0.2, 0.25) is 0 Å². The lowest BCUT2D eigenvalue weighted by molar-refractivity contribution is 0.413. The average Bonchev–Trinajstić information content (AvgIpc) is 2.49. The van der Waals surface area contributed by atoms with Gasteiger partial charge in [0.05, 0.1) is 7.11 Å². The molecule has 0 radical (unpaired) electrons. The first kappa shape index (κ1) is 16.0. The molecule has 2 aromatic rings. The molecule has 1 unspecified atom stereocenters. The van der Waals surface area contributed by atoms with Gasteiger partial charge in [0.25, 0.3) is 0 Å². The molecule has 112 valence electrons. The lowest BCUT2D eigenvalue weighted by Crippen LogP contribution is -2.24. The number of nitrogens with one attached hydrogen (secondary N) is 1. The van der Waals surface area contributed by atoms with Gasteiger partial charge in [-0.15, -0.1) is 0 Å².